The van der Waals surface area contributed by atoms with Crippen molar-refractivity contribution in [3.8, 4) is 0 Å². The van der Waals surface area contributed by atoms with Crippen LogP contribution in [-0.4, -0.2) is 75.1 Å². The highest BCUT2D eigenvalue weighted by Crippen LogP contribution is 2.27. The minimum absolute atomic E-state index is 0.165. The number of pyridine rings is 3. The lowest BCUT2D eigenvalue weighted by molar-refractivity contribution is -0.0294. The molecule has 3 aromatic carbocycles. The van der Waals surface area contributed by atoms with Gasteiger partial charge in [-0.25, -0.2) is 34.1 Å². The van der Waals surface area contributed by atoms with E-state index in [9.17, 15) is 19.2 Å². The summed E-state index contributed by atoms with van der Waals surface area (Å²) in [4.78, 5) is 57.7. The maximum absolute atomic E-state index is 11.7. The minimum atomic E-state index is -1.06. The van der Waals surface area contributed by atoms with Gasteiger partial charge in [-0.3, -0.25) is 10.6 Å². The number of rotatable bonds is 8. The molecule has 7 rings (SSSR count). The van der Waals surface area contributed by atoms with Crippen LogP contribution in [-0.2, 0) is 28.4 Å². The first kappa shape index (κ1) is 66.8. The van der Waals surface area contributed by atoms with Gasteiger partial charge in [0, 0.05) is 13.2 Å². The predicted molar refractivity (Wildman–Crippen MR) is 316 cm³/mol. The van der Waals surface area contributed by atoms with Crippen molar-refractivity contribution in [1.29, 1.82) is 0 Å². The molecule has 6 aromatic rings. The predicted octanol–water partition coefficient (Wildman–Crippen LogP) is 15.9. The lowest BCUT2D eigenvalue weighted by Gasteiger charge is -2.20. The van der Waals surface area contributed by atoms with Crippen LogP contribution in [0.15, 0.2) is 158 Å². The van der Waals surface area contributed by atoms with Gasteiger partial charge < -0.3 is 45.6 Å². The fourth-order valence-electron chi connectivity index (χ4n) is 5.67. The normalized spacial score (nSPS) is 12.2. The van der Waals surface area contributed by atoms with Gasteiger partial charge in [0.1, 0.15) is 56.9 Å². The molecular weight excluding hydrogens is 1050 g/mol. The summed E-state index contributed by atoms with van der Waals surface area (Å²) in [6.45, 7) is 24.6. The van der Waals surface area contributed by atoms with E-state index in [1.807, 2.05) is 91.0 Å². The average molecular weight is 1130 g/mol. The number of aromatic nitrogens is 3. The van der Waals surface area contributed by atoms with Crippen LogP contribution in [0.5, 0.6) is 0 Å². The van der Waals surface area contributed by atoms with Crippen LogP contribution in [0.2, 0.25) is 0 Å². The fourth-order valence-corrected chi connectivity index (χ4v) is 5.67. The van der Waals surface area contributed by atoms with Crippen LogP contribution in [0.3, 0.4) is 0 Å². The van der Waals surface area contributed by atoms with Crippen molar-refractivity contribution in [1.82, 2.24) is 15.0 Å². The van der Waals surface area contributed by atoms with Gasteiger partial charge in [-0.1, -0.05) is 54.6 Å². The van der Waals surface area contributed by atoms with Crippen LogP contribution in [0.1, 0.15) is 102 Å². The van der Waals surface area contributed by atoms with E-state index >= 15 is 0 Å². The number of nitrogens with two attached hydrogens (primary N) is 3. The molecule has 0 unspecified atom stereocenters. The minimum Gasteiger partial charge on any atom is -0.444 e. The average Bonchev–Trinajstić information content (AvgIpc) is 3.97. The lowest BCUT2D eigenvalue weighted by atomic mass is 10.2. The zero-order chi connectivity index (χ0) is 60.9. The van der Waals surface area contributed by atoms with Gasteiger partial charge >= 0.3 is 24.5 Å². The Morgan fingerprint density at radius 1 is 0.439 bits per heavy atom. The molecule has 1 saturated heterocycles. The number of carbonyl (C=O) groups excluding carboxylic acids is 4. The highest BCUT2D eigenvalue weighted by molar-refractivity contribution is 5.85. The summed E-state index contributed by atoms with van der Waals surface area (Å²) in [7, 11) is 0. The van der Waals surface area contributed by atoms with Gasteiger partial charge in [0.15, 0.2) is 11.6 Å². The van der Waals surface area contributed by atoms with Crippen LogP contribution < -0.4 is 27.8 Å². The number of aryl methyl sites for hydroxylation is 1. The van der Waals surface area contributed by atoms with Gasteiger partial charge in [-0.05, 0) is 176 Å². The van der Waals surface area contributed by atoms with Crippen molar-refractivity contribution in [2.24, 2.45) is 30.7 Å². The number of anilines is 5. The second-order valence-corrected chi connectivity index (χ2v) is 21.3. The Morgan fingerprint density at radius 2 is 0.780 bits per heavy atom. The molecule has 24 heteroatoms. The topological polar surface area (TPSA) is 339 Å². The summed E-state index contributed by atoms with van der Waals surface area (Å²) in [6, 6.07) is 38.1. The number of benzene rings is 3. The monoisotopic (exact) mass is 1130 g/mol. The van der Waals surface area contributed by atoms with Gasteiger partial charge in [-0.15, -0.1) is 15.3 Å². The number of nitrogen functional groups attached to an aromatic ring is 3. The van der Waals surface area contributed by atoms with Crippen LogP contribution >= 0.6 is 0 Å². The van der Waals surface area contributed by atoms with Crippen molar-refractivity contribution in [3.63, 3.8) is 0 Å². The Labute approximate surface area is 478 Å². The summed E-state index contributed by atoms with van der Waals surface area (Å²) in [5.41, 5.74) is 18.9. The third kappa shape index (κ3) is 30.6. The molecule has 0 saturated carbocycles. The highest BCUT2D eigenvalue weighted by Gasteiger charge is 2.24. The number of nitrogens with one attached hydrogen (secondary N) is 2. The number of amides is 2. The summed E-state index contributed by atoms with van der Waals surface area (Å²) in [5, 5.41) is 29.6. The first-order valence-electron chi connectivity index (χ1n) is 25.8. The largest absolute Gasteiger partial charge is 0.519 e. The van der Waals surface area contributed by atoms with E-state index in [0.717, 1.165) is 24.6 Å². The lowest BCUT2D eigenvalue weighted by Crippen LogP contribution is -2.29. The van der Waals surface area contributed by atoms with Crippen molar-refractivity contribution in [3.05, 3.63) is 133 Å². The number of nitrogens with zero attached hydrogens (tertiary/aromatic N) is 9. The molecule has 1 aliphatic heterocycles. The molecule has 24 nitrogen and oxygen atoms in total. The van der Waals surface area contributed by atoms with E-state index in [2.05, 4.69) is 61.0 Å². The molecule has 2 amide bonds. The molecule has 0 bridgehead atoms. The Kier molecular flexibility index (Phi) is 26.6. The van der Waals surface area contributed by atoms with Gasteiger partial charge in [0.25, 0.3) is 0 Å². The zero-order valence-corrected chi connectivity index (χ0v) is 48.8. The number of hydrogen-bond donors (Lipinski definition) is 5. The third-order valence-corrected chi connectivity index (χ3v) is 9.00. The van der Waals surface area contributed by atoms with Crippen molar-refractivity contribution >= 4 is 87.7 Å². The second kappa shape index (κ2) is 32.6. The number of carbonyl (C=O) groups is 4. The number of azo groups is 3. The Balaban J connectivity index is 0.000000282. The summed E-state index contributed by atoms with van der Waals surface area (Å²) >= 11 is 0. The number of ether oxygens (including phenoxy) is 6. The smallest absolute Gasteiger partial charge is 0.444 e. The van der Waals surface area contributed by atoms with E-state index in [1.54, 1.807) is 126 Å². The SMILES string of the molecule is C1CCOC1.CC(C)(C)OC(=O)Nc1ccc(N=Nc2ccccc2)c(N)n1.CC(C)(C)OC(=O)OC(=O)OC(C)(C)C.Cc1nc(NC(=O)OC(C)(C)C)ccc1N=Nc1ccccc1.Nc1ccc(N=Nc2ccccc2)c(N)n1. The Bertz CT molecular complexity index is 2880. The third-order valence-electron chi connectivity index (χ3n) is 9.00. The Hall–Kier alpha value is -9.45. The molecule has 4 heterocycles. The highest BCUT2D eigenvalue weighted by atomic mass is 16.8. The molecule has 0 atom stereocenters. The van der Waals surface area contributed by atoms with Gasteiger partial charge in [0.05, 0.1) is 22.8 Å². The quantitative estimate of drug-likeness (QED) is 0.0409. The van der Waals surface area contributed by atoms with Crippen molar-refractivity contribution in [2.45, 2.75) is 125 Å². The second-order valence-electron chi connectivity index (χ2n) is 21.3. The number of hydrogen-bond acceptors (Lipinski definition) is 22. The molecule has 438 valence electrons. The standard InChI is InChI=1S/C17H20N4O2.C16H19N5O2.C11H11N5.C10H18O5.C4H8O/c1-12-14(21-20-13-8-6-5-7-9-13)10-11-15(18-12)19-16(22)23-17(2,3)4;1-16(2,3)23-15(22)19-13-10-9-12(14(17)18-13)21-20-11-7-5-4-6-8-11;12-10-7-6-9(11(13)14-10)16-15-8-4-2-1-3-5-8;1-9(2,3)14-7(11)13-8(12)15-10(4,5)6;1-2-4-5-3-1/h5-11H,1-4H3,(H,18,19,22);4-10H,1-3H3,(H3,17,18,19,22);1-7H,(H4,12,13,14);1-6H3;1-4H2. The molecule has 0 aliphatic carbocycles. The first-order chi connectivity index (χ1) is 38.4. The molecule has 0 radical (unpaired) electrons. The van der Waals surface area contributed by atoms with E-state index in [4.69, 9.17) is 40.9 Å². The maximum atomic E-state index is 11.7. The molecule has 0 spiro atoms. The summed E-state index contributed by atoms with van der Waals surface area (Å²) in [6.07, 6.45) is -0.695. The van der Waals surface area contributed by atoms with E-state index in [0.29, 0.717) is 40.1 Å². The van der Waals surface area contributed by atoms with E-state index in [-0.39, 0.29) is 17.5 Å². The Morgan fingerprint density at radius 3 is 1.11 bits per heavy atom. The van der Waals surface area contributed by atoms with E-state index < -0.39 is 46.9 Å². The summed E-state index contributed by atoms with van der Waals surface area (Å²) in [5.74, 6) is 1.51. The molecule has 1 fully saturated rings. The fraction of sp³-hybridized carbons (Fsp3) is 0.362. The van der Waals surface area contributed by atoms with Crippen molar-refractivity contribution in [2.75, 3.05) is 41.0 Å². The van der Waals surface area contributed by atoms with Gasteiger partial charge in [0.2, 0.25) is 0 Å². The van der Waals surface area contributed by atoms with Crippen molar-refractivity contribution < 1.29 is 47.6 Å². The maximum Gasteiger partial charge on any atom is 0.519 e. The molecule has 3 aromatic heterocycles. The molecule has 8 N–H and O–H groups in total. The van der Waals surface area contributed by atoms with Crippen LogP contribution in [0.25, 0.3) is 0 Å². The zero-order valence-electron chi connectivity index (χ0n) is 48.8. The van der Waals surface area contributed by atoms with Gasteiger partial charge in [-0.2, -0.15) is 15.3 Å². The molecule has 1 aliphatic rings. The van der Waals surface area contributed by atoms with Crippen LogP contribution in [0, 0.1) is 6.92 Å². The van der Waals surface area contributed by atoms with E-state index in [1.165, 1.54) is 12.8 Å². The van der Waals surface area contributed by atoms with Crippen LogP contribution in [0.4, 0.5) is 82.4 Å². The molecule has 82 heavy (non-hydrogen) atoms. The molecular formula is C58H76N14O10. The first-order valence-corrected chi connectivity index (χ1v) is 25.8. The summed E-state index contributed by atoms with van der Waals surface area (Å²) < 4.78 is 29.1.